The van der Waals surface area contributed by atoms with Crippen molar-refractivity contribution in [2.75, 3.05) is 0 Å². The molecule has 64 valence electrons. The lowest BCUT2D eigenvalue weighted by Gasteiger charge is -2.09. The molecule has 0 aliphatic heterocycles. The first kappa shape index (κ1) is 6.97. The molecule has 3 aliphatic carbocycles. The molecule has 1 nitrogen and oxygen atoms in total. The number of hydrogen-bond donors (Lipinski definition) is 1. The van der Waals surface area contributed by atoms with Crippen LogP contribution in [0.5, 0.6) is 0 Å². The third-order valence-electron chi connectivity index (χ3n) is 4.33. The van der Waals surface area contributed by atoms with Crippen LogP contribution in [0.15, 0.2) is 0 Å². The molecule has 1 heteroatoms. The maximum absolute atomic E-state index is 9.53. The summed E-state index contributed by atoms with van der Waals surface area (Å²) in [5.41, 5.74) is 0. The van der Waals surface area contributed by atoms with E-state index in [4.69, 9.17) is 6.42 Å². The van der Waals surface area contributed by atoms with Crippen LogP contribution in [-0.2, 0) is 0 Å². The fourth-order valence-electron chi connectivity index (χ4n) is 3.93. The monoisotopic (exact) mass is 162 g/mol. The average Bonchev–Trinajstić information content (AvgIpc) is 2.53. The molecule has 3 fully saturated rings. The second-order valence-electron chi connectivity index (χ2n) is 4.68. The second-order valence-corrected chi connectivity index (χ2v) is 4.68. The molecule has 0 aromatic carbocycles. The Kier molecular flexibility index (Phi) is 1.20. The van der Waals surface area contributed by atoms with Gasteiger partial charge in [-0.25, -0.2) is 0 Å². The summed E-state index contributed by atoms with van der Waals surface area (Å²) in [5, 5.41) is 9.53. The SMILES string of the molecule is C#CC(O)C1C2C3CCC(C3)C12. The van der Waals surface area contributed by atoms with Crippen LogP contribution < -0.4 is 0 Å². The smallest absolute Gasteiger partial charge is 0.117 e. The van der Waals surface area contributed by atoms with Crippen molar-refractivity contribution in [3.05, 3.63) is 0 Å². The van der Waals surface area contributed by atoms with Gasteiger partial charge in [0, 0.05) is 5.92 Å². The minimum Gasteiger partial charge on any atom is -0.380 e. The normalized spacial score (nSPS) is 56.2. The van der Waals surface area contributed by atoms with Gasteiger partial charge in [-0.3, -0.25) is 0 Å². The second kappa shape index (κ2) is 2.06. The molecule has 3 rings (SSSR count). The highest BCUT2D eigenvalue weighted by Crippen LogP contribution is 2.70. The van der Waals surface area contributed by atoms with E-state index in [1.165, 1.54) is 19.3 Å². The van der Waals surface area contributed by atoms with Crippen molar-refractivity contribution < 1.29 is 5.11 Å². The summed E-state index contributed by atoms with van der Waals surface area (Å²) in [5.74, 6) is 6.44. The van der Waals surface area contributed by atoms with Crippen LogP contribution in [0.1, 0.15) is 19.3 Å². The molecule has 0 radical (unpaired) electrons. The quantitative estimate of drug-likeness (QED) is 0.576. The summed E-state index contributed by atoms with van der Waals surface area (Å²) in [7, 11) is 0. The lowest BCUT2D eigenvalue weighted by molar-refractivity contribution is 0.182. The van der Waals surface area contributed by atoms with E-state index in [0.717, 1.165) is 23.7 Å². The summed E-state index contributed by atoms with van der Waals surface area (Å²) >= 11 is 0. The van der Waals surface area contributed by atoms with Gasteiger partial charge >= 0.3 is 0 Å². The minimum atomic E-state index is -0.441. The molecule has 0 saturated heterocycles. The lowest BCUT2D eigenvalue weighted by Crippen LogP contribution is -2.12. The first-order chi connectivity index (χ1) is 5.83. The average molecular weight is 162 g/mol. The number of rotatable bonds is 1. The molecule has 0 aromatic rings. The van der Waals surface area contributed by atoms with Gasteiger partial charge in [-0.1, -0.05) is 5.92 Å². The molecule has 3 aliphatic rings. The maximum atomic E-state index is 9.53. The van der Waals surface area contributed by atoms with Crippen molar-refractivity contribution in [2.45, 2.75) is 25.4 Å². The van der Waals surface area contributed by atoms with Gasteiger partial charge in [-0.15, -0.1) is 6.42 Å². The van der Waals surface area contributed by atoms with Gasteiger partial charge in [0.2, 0.25) is 0 Å². The Bertz CT molecular complexity index is 236. The molecule has 5 unspecified atom stereocenters. The van der Waals surface area contributed by atoms with Gasteiger partial charge in [-0.2, -0.15) is 0 Å². The zero-order valence-corrected chi connectivity index (χ0v) is 7.11. The molecule has 3 saturated carbocycles. The topological polar surface area (TPSA) is 20.2 Å². The van der Waals surface area contributed by atoms with Crippen LogP contribution in [0.4, 0.5) is 0 Å². The van der Waals surface area contributed by atoms with Crippen molar-refractivity contribution in [3.8, 4) is 12.3 Å². The van der Waals surface area contributed by atoms with Crippen LogP contribution in [0.3, 0.4) is 0 Å². The van der Waals surface area contributed by atoms with Crippen LogP contribution >= 0.6 is 0 Å². The third kappa shape index (κ3) is 0.653. The largest absolute Gasteiger partial charge is 0.380 e. The van der Waals surface area contributed by atoms with E-state index in [9.17, 15) is 5.11 Å². The number of aliphatic hydroxyl groups is 1. The van der Waals surface area contributed by atoms with Gasteiger partial charge in [-0.05, 0) is 42.9 Å². The van der Waals surface area contributed by atoms with Crippen LogP contribution in [-0.4, -0.2) is 11.2 Å². The summed E-state index contributed by atoms with van der Waals surface area (Å²) in [4.78, 5) is 0. The Morgan fingerprint density at radius 3 is 2.33 bits per heavy atom. The summed E-state index contributed by atoms with van der Waals surface area (Å²) in [6.45, 7) is 0. The van der Waals surface area contributed by atoms with E-state index in [0.29, 0.717) is 5.92 Å². The van der Waals surface area contributed by atoms with Crippen molar-refractivity contribution in [3.63, 3.8) is 0 Å². The van der Waals surface area contributed by atoms with E-state index in [2.05, 4.69) is 5.92 Å². The Morgan fingerprint density at radius 1 is 1.25 bits per heavy atom. The molecule has 1 N–H and O–H groups in total. The van der Waals surface area contributed by atoms with Crippen molar-refractivity contribution in [1.29, 1.82) is 0 Å². The summed E-state index contributed by atoms with van der Waals surface area (Å²) in [6.07, 6.45) is 9.02. The van der Waals surface area contributed by atoms with Gasteiger partial charge in [0.05, 0.1) is 0 Å². The summed E-state index contributed by atoms with van der Waals surface area (Å²) < 4.78 is 0. The Labute approximate surface area is 73.2 Å². The lowest BCUT2D eigenvalue weighted by atomic mass is 9.99. The fraction of sp³-hybridized carbons (Fsp3) is 0.818. The first-order valence-electron chi connectivity index (χ1n) is 4.97. The molecule has 0 spiro atoms. The van der Waals surface area contributed by atoms with Crippen molar-refractivity contribution in [1.82, 2.24) is 0 Å². The molecule has 2 bridgehead atoms. The van der Waals surface area contributed by atoms with Crippen LogP contribution in [0, 0.1) is 41.9 Å². The van der Waals surface area contributed by atoms with Crippen LogP contribution in [0.2, 0.25) is 0 Å². The van der Waals surface area contributed by atoms with Gasteiger partial charge < -0.3 is 5.11 Å². The Balaban J connectivity index is 1.79. The van der Waals surface area contributed by atoms with E-state index in [-0.39, 0.29) is 0 Å². The molecule has 5 atom stereocenters. The molecule has 0 amide bonds. The summed E-state index contributed by atoms with van der Waals surface area (Å²) in [6, 6.07) is 0. The van der Waals surface area contributed by atoms with E-state index in [1.54, 1.807) is 0 Å². The molecule has 12 heavy (non-hydrogen) atoms. The van der Waals surface area contributed by atoms with E-state index < -0.39 is 6.10 Å². The maximum Gasteiger partial charge on any atom is 0.117 e. The highest BCUT2D eigenvalue weighted by molar-refractivity contribution is 5.18. The fourth-order valence-corrected chi connectivity index (χ4v) is 3.93. The third-order valence-corrected chi connectivity index (χ3v) is 4.33. The van der Waals surface area contributed by atoms with Gasteiger partial charge in [0.15, 0.2) is 0 Å². The molecule has 0 aromatic heterocycles. The molecule has 0 heterocycles. The predicted molar refractivity (Wildman–Crippen MR) is 46.1 cm³/mol. The number of hydrogen-bond acceptors (Lipinski definition) is 1. The van der Waals surface area contributed by atoms with E-state index in [1.807, 2.05) is 0 Å². The van der Waals surface area contributed by atoms with Crippen LogP contribution in [0.25, 0.3) is 0 Å². The Hall–Kier alpha value is -0.480. The minimum absolute atomic E-state index is 0.441. The van der Waals surface area contributed by atoms with Crippen molar-refractivity contribution >= 4 is 0 Å². The highest BCUT2D eigenvalue weighted by atomic mass is 16.3. The van der Waals surface area contributed by atoms with Gasteiger partial charge in [0.1, 0.15) is 6.10 Å². The zero-order chi connectivity index (χ0) is 8.29. The zero-order valence-electron chi connectivity index (χ0n) is 7.11. The van der Waals surface area contributed by atoms with Crippen molar-refractivity contribution in [2.24, 2.45) is 29.6 Å². The Morgan fingerprint density at radius 2 is 1.83 bits per heavy atom. The first-order valence-corrected chi connectivity index (χ1v) is 4.97. The number of aliphatic hydroxyl groups excluding tert-OH is 1. The predicted octanol–water partition coefficient (Wildman–Crippen LogP) is 1.27. The molecular weight excluding hydrogens is 148 g/mol. The number of fused-ring (bicyclic) bond motifs is 5. The standard InChI is InChI=1S/C11H14O/c1-2-8(12)11-9-6-3-4-7(5-6)10(9)11/h1,6-12H,3-5H2. The highest BCUT2D eigenvalue weighted by Gasteiger charge is 2.66. The van der Waals surface area contributed by atoms with Gasteiger partial charge in [0.25, 0.3) is 0 Å². The number of terminal acetylenes is 1. The molecular formula is C11H14O. The van der Waals surface area contributed by atoms with E-state index >= 15 is 0 Å².